The Morgan fingerprint density at radius 2 is 1.71 bits per heavy atom. The normalized spacial score (nSPS) is 12.1. The van der Waals surface area contributed by atoms with Gasteiger partial charge in [0.2, 0.25) is 10.0 Å². The van der Waals surface area contributed by atoms with Crippen molar-refractivity contribution in [1.29, 1.82) is 0 Å². The van der Waals surface area contributed by atoms with E-state index in [1.54, 1.807) is 55.5 Å². The fourth-order valence-corrected chi connectivity index (χ4v) is 3.05. The van der Waals surface area contributed by atoms with Crippen molar-refractivity contribution in [2.45, 2.75) is 12.7 Å². The second-order valence-electron chi connectivity index (χ2n) is 4.61. The van der Waals surface area contributed by atoms with Crippen LogP contribution in [0.2, 0.25) is 0 Å². The molecule has 0 aliphatic rings. The van der Waals surface area contributed by atoms with Gasteiger partial charge in [-0.05, 0) is 30.2 Å². The molecule has 21 heavy (non-hydrogen) atoms. The second-order valence-corrected chi connectivity index (χ2v) is 6.33. The second kappa shape index (κ2) is 6.41. The number of nitrogens with zero attached hydrogens (tertiary/aromatic N) is 1. The summed E-state index contributed by atoms with van der Waals surface area (Å²) in [7, 11) is -3.46. The Bertz CT molecular complexity index is 723. The van der Waals surface area contributed by atoms with Gasteiger partial charge in [-0.2, -0.15) is 0 Å². The molecule has 0 unspecified atom stereocenters. The fourth-order valence-electron chi connectivity index (χ4n) is 1.85. The van der Waals surface area contributed by atoms with Gasteiger partial charge in [0.05, 0.1) is 11.5 Å². The number of nitrogens with one attached hydrogen (secondary N) is 1. The van der Waals surface area contributed by atoms with Gasteiger partial charge in [0, 0.05) is 5.69 Å². The van der Waals surface area contributed by atoms with Gasteiger partial charge in [-0.1, -0.05) is 47.6 Å². The zero-order chi connectivity index (χ0) is 15.3. The molecule has 2 aromatic carbocycles. The first-order chi connectivity index (χ1) is 10.00. The Balaban J connectivity index is 2.10. The third-order valence-corrected chi connectivity index (χ3v) is 4.19. The molecule has 0 spiro atoms. The molecular formula is C15H16N2O3S. The first-order valence-electron chi connectivity index (χ1n) is 6.34. The molecule has 2 aromatic rings. The van der Waals surface area contributed by atoms with Gasteiger partial charge in [-0.25, -0.2) is 8.42 Å². The van der Waals surface area contributed by atoms with Crippen molar-refractivity contribution in [3.63, 3.8) is 0 Å². The lowest BCUT2D eigenvalue weighted by molar-refractivity contribution is 0.319. The first kappa shape index (κ1) is 15.1. The van der Waals surface area contributed by atoms with Gasteiger partial charge < -0.3 is 5.21 Å². The molecule has 0 aliphatic heterocycles. The van der Waals surface area contributed by atoms with Gasteiger partial charge in [0.1, 0.15) is 0 Å². The van der Waals surface area contributed by atoms with E-state index in [1.807, 2.05) is 6.07 Å². The summed E-state index contributed by atoms with van der Waals surface area (Å²) in [6.45, 7) is 1.66. The molecule has 0 amide bonds. The molecule has 0 atom stereocenters. The first-order valence-corrected chi connectivity index (χ1v) is 7.99. The Hall–Kier alpha value is -2.34. The highest BCUT2D eigenvalue weighted by molar-refractivity contribution is 7.91. The highest BCUT2D eigenvalue weighted by Crippen LogP contribution is 2.14. The topological polar surface area (TPSA) is 78.8 Å². The van der Waals surface area contributed by atoms with E-state index >= 15 is 0 Å². The largest absolute Gasteiger partial charge is 0.411 e. The average molecular weight is 304 g/mol. The number of hydrogen-bond donors (Lipinski definition) is 2. The van der Waals surface area contributed by atoms with Crippen LogP contribution >= 0.6 is 0 Å². The minimum absolute atomic E-state index is 0.0767. The van der Waals surface area contributed by atoms with E-state index in [-0.39, 0.29) is 5.75 Å². The molecule has 0 radical (unpaired) electrons. The van der Waals surface area contributed by atoms with Gasteiger partial charge in [0.25, 0.3) is 0 Å². The van der Waals surface area contributed by atoms with Gasteiger partial charge in [0.15, 0.2) is 0 Å². The monoisotopic (exact) mass is 304 g/mol. The maximum atomic E-state index is 12.1. The van der Waals surface area contributed by atoms with Crippen LogP contribution in [0.15, 0.2) is 59.8 Å². The maximum absolute atomic E-state index is 12.1. The van der Waals surface area contributed by atoms with Crippen molar-refractivity contribution >= 4 is 21.4 Å². The molecule has 2 N–H and O–H groups in total. The van der Waals surface area contributed by atoms with Crippen molar-refractivity contribution in [2.24, 2.45) is 5.16 Å². The van der Waals surface area contributed by atoms with Crippen LogP contribution in [0.4, 0.5) is 5.69 Å². The van der Waals surface area contributed by atoms with Crippen molar-refractivity contribution in [3.8, 4) is 0 Å². The lowest BCUT2D eigenvalue weighted by atomic mass is 10.1. The molecule has 110 valence electrons. The number of rotatable bonds is 5. The lowest BCUT2D eigenvalue weighted by Gasteiger charge is -2.08. The number of oxime groups is 1. The summed E-state index contributed by atoms with van der Waals surface area (Å²) in [6.07, 6.45) is 0. The van der Waals surface area contributed by atoms with E-state index < -0.39 is 10.0 Å². The molecule has 5 nitrogen and oxygen atoms in total. The molecule has 0 aliphatic carbocycles. The van der Waals surface area contributed by atoms with E-state index in [9.17, 15) is 8.42 Å². The lowest BCUT2D eigenvalue weighted by Crippen LogP contribution is -2.15. The van der Waals surface area contributed by atoms with Crippen molar-refractivity contribution < 1.29 is 13.6 Å². The van der Waals surface area contributed by atoms with E-state index in [2.05, 4.69) is 9.88 Å². The van der Waals surface area contributed by atoms with Crippen LogP contribution in [0.1, 0.15) is 18.1 Å². The smallest absolute Gasteiger partial charge is 0.236 e. The summed E-state index contributed by atoms with van der Waals surface area (Å²) >= 11 is 0. The summed E-state index contributed by atoms with van der Waals surface area (Å²) in [5.41, 5.74) is 2.39. The standard InChI is InChI=1S/C15H16N2O3S/c1-12(16-18)14-7-9-15(10-8-14)17-21(19,20)11-13-5-3-2-4-6-13/h2-10,17-18H,11H2,1H3/b16-12+. The van der Waals surface area contributed by atoms with E-state index in [1.165, 1.54) is 0 Å². The van der Waals surface area contributed by atoms with E-state index in [0.29, 0.717) is 11.4 Å². The number of sulfonamides is 1. The molecule has 6 heteroatoms. The predicted molar refractivity (Wildman–Crippen MR) is 83.1 cm³/mol. The predicted octanol–water partition coefficient (Wildman–Crippen LogP) is 2.83. The Kier molecular flexibility index (Phi) is 4.59. The van der Waals surface area contributed by atoms with Crippen LogP contribution in [0.5, 0.6) is 0 Å². The van der Waals surface area contributed by atoms with E-state index in [0.717, 1.165) is 11.1 Å². The van der Waals surface area contributed by atoms with Crippen LogP contribution < -0.4 is 4.72 Å². The number of anilines is 1. The molecule has 0 bridgehead atoms. The molecule has 0 fully saturated rings. The van der Waals surface area contributed by atoms with Gasteiger partial charge >= 0.3 is 0 Å². The van der Waals surface area contributed by atoms with Crippen LogP contribution in [-0.2, 0) is 15.8 Å². The molecule has 0 saturated carbocycles. The fraction of sp³-hybridized carbons (Fsp3) is 0.133. The number of hydrogen-bond acceptors (Lipinski definition) is 4. The quantitative estimate of drug-likeness (QED) is 0.506. The molecule has 2 rings (SSSR count). The van der Waals surface area contributed by atoms with Crippen LogP contribution in [0.25, 0.3) is 0 Å². The summed E-state index contributed by atoms with van der Waals surface area (Å²) in [6, 6.07) is 15.6. The van der Waals surface area contributed by atoms with Gasteiger partial charge in [-0.15, -0.1) is 0 Å². The highest BCUT2D eigenvalue weighted by Gasteiger charge is 2.11. The summed E-state index contributed by atoms with van der Waals surface area (Å²) in [5, 5.41) is 11.8. The highest BCUT2D eigenvalue weighted by atomic mass is 32.2. The third kappa shape index (κ3) is 4.32. The number of benzene rings is 2. The summed E-state index contributed by atoms with van der Waals surface area (Å²) in [5.74, 6) is -0.0767. The molecular weight excluding hydrogens is 288 g/mol. The maximum Gasteiger partial charge on any atom is 0.236 e. The minimum atomic E-state index is -3.46. The van der Waals surface area contributed by atoms with Crippen molar-refractivity contribution in [1.82, 2.24) is 0 Å². The molecule has 0 heterocycles. The van der Waals surface area contributed by atoms with E-state index in [4.69, 9.17) is 5.21 Å². The Morgan fingerprint density at radius 3 is 2.29 bits per heavy atom. The third-order valence-electron chi connectivity index (χ3n) is 2.93. The molecule has 0 saturated heterocycles. The van der Waals surface area contributed by atoms with Crippen LogP contribution in [-0.4, -0.2) is 19.3 Å². The molecule has 0 aromatic heterocycles. The summed E-state index contributed by atoms with van der Waals surface area (Å²) < 4.78 is 26.7. The van der Waals surface area contributed by atoms with Crippen LogP contribution in [0, 0.1) is 0 Å². The minimum Gasteiger partial charge on any atom is -0.411 e. The average Bonchev–Trinajstić information content (AvgIpc) is 2.47. The Morgan fingerprint density at radius 1 is 1.10 bits per heavy atom. The Labute approximate surface area is 124 Å². The zero-order valence-electron chi connectivity index (χ0n) is 11.5. The van der Waals surface area contributed by atoms with Crippen LogP contribution in [0.3, 0.4) is 0 Å². The van der Waals surface area contributed by atoms with Gasteiger partial charge in [-0.3, -0.25) is 4.72 Å². The SMILES string of the molecule is C/C(=N\O)c1ccc(NS(=O)(=O)Cc2ccccc2)cc1. The zero-order valence-corrected chi connectivity index (χ0v) is 12.3. The van der Waals surface area contributed by atoms with Crippen molar-refractivity contribution in [2.75, 3.05) is 4.72 Å². The summed E-state index contributed by atoms with van der Waals surface area (Å²) in [4.78, 5) is 0. The van der Waals surface area contributed by atoms with Crippen molar-refractivity contribution in [3.05, 3.63) is 65.7 Å².